The minimum Gasteiger partial charge on any atom is -0.423 e. The Balaban J connectivity index is 2.21. The van der Waals surface area contributed by atoms with Crippen LogP contribution in [0.2, 0.25) is 0 Å². The summed E-state index contributed by atoms with van der Waals surface area (Å²) in [7, 11) is -1.53. The van der Waals surface area contributed by atoms with E-state index in [4.69, 9.17) is 15.8 Å². The minimum absolute atomic E-state index is 0.205. The van der Waals surface area contributed by atoms with Gasteiger partial charge in [-0.05, 0) is 18.6 Å². The molecule has 2 rings (SSSR count). The number of pyridine rings is 1. The number of thioether (sulfide) groups is 1. The van der Waals surface area contributed by atoms with E-state index in [9.17, 15) is 0 Å². The molecule has 98 valence electrons. The van der Waals surface area contributed by atoms with Crippen LogP contribution < -0.4 is 11.2 Å². The van der Waals surface area contributed by atoms with Crippen molar-refractivity contribution in [3.63, 3.8) is 0 Å². The highest BCUT2D eigenvalue weighted by molar-refractivity contribution is 7.99. The number of aromatic nitrogens is 1. The Bertz CT molecular complexity index is 552. The Morgan fingerprint density at radius 3 is 2.58 bits per heavy atom. The van der Waals surface area contributed by atoms with Crippen LogP contribution in [0, 0.1) is 0 Å². The molecule has 0 fully saturated rings. The van der Waals surface area contributed by atoms with E-state index in [2.05, 4.69) is 11.9 Å². The molecule has 1 aromatic carbocycles. The third-order valence-electron chi connectivity index (χ3n) is 2.77. The maximum atomic E-state index is 9.16. The van der Waals surface area contributed by atoms with Crippen molar-refractivity contribution in [2.75, 3.05) is 5.73 Å². The highest BCUT2D eigenvalue weighted by Gasteiger charge is 2.16. The Morgan fingerprint density at radius 2 is 1.95 bits per heavy atom. The summed E-state index contributed by atoms with van der Waals surface area (Å²) in [4.78, 5) is 4.74. The van der Waals surface area contributed by atoms with Crippen molar-refractivity contribution in [1.82, 2.24) is 4.98 Å². The standard InChI is InChI=1S/C13H15BN2O2S/c1-9(10-5-3-2-4-6-10)19-12-7-11(14(17)18)8-16-13(12)15/h2-9,17-18H,1H3,(H2,15,16)/t9-/m1/s1. The van der Waals surface area contributed by atoms with Crippen LogP contribution in [0.25, 0.3) is 0 Å². The minimum atomic E-state index is -1.53. The zero-order chi connectivity index (χ0) is 13.8. The van der Waals surface area contributed by atoms with Gasteiger partial charge in [0.05, 0.1) is 0 Å². The Labute approximate surface area is 116 Å². The average molecular weight is 274 g/mol. The number of anilines is 1. The molecule has 0 radical (unpaired) electrons. The maximum Gasteiger partial charge on any atom is 0.490 e. The number of nitrogens with zero attached hydrogens (tertiary/aromatic N) is 1. The van der Waals surface area contributed by atoms with Crippen LogP contribution in [-0.4, -0.2) is 22.2 Å². The van der Waals surface area contributed by atoms with E-state index in [-0.39, 0.29) is 5.25 Å². The molecule has 1 atom stereocenters. The summed E-state index contributed by atoms with van der Waals surface area (Å²) < 4.78 is 0. The van der Waals surface area contributed by atoms with Crippen LogP contribution in [0.5, 0.6) is 0 Å². The smallest absolute Gasteiger partial charge is 0.423 e. The van der Waals surface area contributed by atoms with Gasteiger partial charge in [0.2, 0.25) is 0 Å². The quantitative estimate of drug-likeness (QED) is 0.576. The second kappa shape index (κ2) is 6.10. The molecule has 19 heavy (non-hydrogen) atoms. The van der Waals surface area contributed by atoms with E-state index in [1.54, 1.807) is 17.8 Å². The van der Waals surface area contributed by atoms with Gasteiger partial charge >= 0.3 is 7.12 Å². The van der Waals surface area contributed by atoms with Gasteiger partial charge in [0.1, 0.15) is 5.82 Å². The monoisotopic (exact) mass is 274 g/mol. The summed E-state index contributed by atoms with van der Waals surface area (Å²) in [5.74, 6) is 0.400. The van der Waals surface area contributed by atoms with Crippen LogP contribution in [-0.2, 0) is 0 Å². The lowest BCUT2D eigenvalue weighted by Crippen LogP contribution is -2.30. The second-order valence-corrected chi connectivity index (χ2v) is 5.58. The molecule has 4 N–H and O–H groups in total. The largest absolute Gasteiger partial charge is 0.490 e. The van der Waals surface area contributed by atoms with Crippen LogP contribution in [0.3, 0.4) is 0 Å². The fraction of sp³-hybridized carbons (Fsp3) is 0.154. The third kappa shape index (κ3) is 3.50. The highest BCUT2D eigenvalue weighted by atomic mass is 32.2. The Hall–Kier alpha value is -1.50. The summed E-state index contributed by atoms with van der Waals surface area (Å²) in [5, 5.41) is 18.5. The fourth-order valence-electron chi connectivity index (χ4n) is 1.69. The summed E-state index contributed by atoms with van der Waals surface area (Å²) in [6.07, 6.45) is 1.37. The molecular weight excluding hydrogens is 259 g/mol. The van der Waals surface area contributed by atoms with Gasteiger partial charge in [0.25, 0.3) is 0 Å². The predicted molar refractivity (Wildman–Crippen MR) is 79.2 cm³/mol. The molecule has 0 amide bonds. The molecule has 0 aliphatic heterocycles. The van der Waals surface area contributed by atoms with Gasteiger partial charge < -0.3 is 15.8 Å². The highest BCUT2D eigenvalue weighted by Crippen LogP contribution is 2.36. The molecule has 1 aromatic heterocycles. The Kier molecular flexibility index (Phi) is 4.47. The first-order chi connectivity index (χ1) is 9.08. The van der Waals surface area contributed by atoms with Crippen LogP contribution in [0.15, 0.2) is 47.5 Å². The summed E-state index contributed by atoms with van der Waals surface area (Å²) in [6, 6.07) is 11.7. The molecule has 0 bridgehead atoms. The predicted octanol–water partition coefficient (Wildman–Crippen LogP) is 1.20. The molecule has 0 spiro atoms. The first kappa shape index (κ1) is 13.9. The van der Waals surface area contributed by atoms with Crippen LogP contribution in [0.4, 0.5) is 5.82 Å². The van der Waals surface area contributed by atoms with E-state index in [0.717, 1.165) is 4.90 Å². The first-order valence-electron chi connectivity index (χ1n) is 5.91. The van der Waals surface area contributed by atoms with Gasteiger partial charge in [0, 0.05) is 21.8 Å². The van der Waals surface area contributed by atoms with Crippen molar-refractivity contribution in [2.45, 2.75) is 17.1 Å². The van der Waals surface area contributed by atoms with Crippen molar-refractivity contribution >= 4 is 30.2 Å². The van der Waals surface area contributed by atoms with Gasteiger partial charge in [0.15, 0.2) is 0 Å². The lowest BCUT2D eigenvalue weighted by atomic mass is 9.82. The van der Waals surface area contributed by atoms with Crippen LogP contribution in [0.1, 0.15) is 17.7 Å². The first-order valence-corrected chi connectivity index (χ1v) is 6.79. The van der Waals surface area contributed by atoms with E-state index in [1.165, 1.54) is 11.8 Å². The van der Waals surface area contributed by atoms with Crippen molar-refractivity contribution in [2.24, 2.45) is 0 Å². The fourth-order valence-corrected chi connectivity index (χ4v) is 2.74. The van der Waals surface area contributed by atoms with Crippen LogP contribution >= 0.6 is 11.8 Å². The lowest BCUT2D eigenvalue weighted by molar-refractivity contribution is 0.425. The maximum absolute atomic E-state index is 9.16. The molecule has 0 unspecified atom stereocenters. The van der Waals surface area contributed by atoms with Gasteiger partial charge in [-0.1, -0.05) is 30.3 Å². The van der Waals surface area contributed by atoms with E-state index >= 15 is 0 Å². The number of nitrogen functional groups attached to an aromatic ring is 1. The molecule has 0 saturated carbocycles. The molecule has 0 aliphatic carbocycles. The molecule has 1 heterocycles. The molecular formula is C13H15BN2O2S. The zero-order valence-electron chi connectivity index (χ0n) is 10.5. The molecule has 0 aliphatic rings. The summed E-state index contributed by atoms with van der Waals surface area (Å²) in [5.41, 5.74) is 7.35. The van der Waals surface area contributed by atoms with E-state index in [0.29, 0.717) is 11.3 Å². The lowest BCUT2D eigenvalue weighted by Gasteiger charge is -2.13. The number of hydrogen-bond donors (Lipinski definition) is 3. The molecule has 0 saturated heterocycles. The summed E-state index contributed by atoms with van der Waals surface area (Å²) in [6.45, 7) is 2.07. The van der Waals surface area contributed by atoms with Gasteiger partial charge in [-0.2, -0.15) is 0 Å². The second-order valence-electron chi connectivity index (χ2n) is 4.20. The third-order valence-corrected chi connectivity index (χ3v) is 3.98. The van der Waals surface area contributed by atoms with Crippen molar-refractivity contribution in [1.29, 1.82) is 0 Å². The van der Waals surface area contributed by atoms with E-state index < -0.39 is 7.12 Å². The zero-order valence-corrected chi connectivity index (χ0v) is 11.3. The number of benzene rings is 1. The number of nitrogens with two attached hydrogens (primary N) is 1. The summed E-state index contributed by atoms with van der Waals surface area (Å²) >= 11 is 1.55. The number of rotatable bonds is 4. The van der Waals surface area contributed by atoms with Crippen molar-refractivity contribution in [3.8, 4) is 0 Å². The average Bonchev–Trinajstić information content (AvgIpc) is 2.42. The van der Waals surface area contributed by atoms with Crippen molar-refractivity contribution < 1.29 is 10.0 Å². The molecule has 4 nitrogen and oxygen atoms in total. The topological polar surface area (TPSA) is 79.4 Å². The number of hydrogen-bond acceptors (Lipinski definition) is 5. The van der Waals surface area contributed by atoms with Gasteiger partial charge in [-0.25, -0.2) is 4.98 Å². The molecule has 2 aromatic rings. The Morgan fingerprint density at radius 1 is 1.26 bits per heavy atom. The van der Waals surface area contributed by atoms with Gasteiger partial charge in [-0.15, -0.1) is 11.8 Å². The van der Waals surface area contributed by atoms with Gasteiger partial charge in [-0.3, -0.25) is 0 Å². The van der Waals surface area contributed by atoms with E-state index in [1.807, 2.05) is 30.3 Å². The normalized spacial score (nSPS) is 12.2. The molecule has 6 heteroatoms. The van der Waals surface area contributed by atoms with Crippen molar-refractivity contribution in [3.05, 3.63) is 48.2 Å². The SMILES string of the molecule is C[C@@H](Sc1cc(B(O)O)cnc1N)c1ccccc1.